The molecule has 0 unspecified atom stereocenters. The molecule has 2 aromatic carbocycles. The minimum Gasteiger partial charge on any atom is -0.493 e. The normalized spacial score (nSPS) is 10.5. The van der Waals surface area contributed by atoms with Crippen LogP contribution in [0.1, 0.15) is 61.3 Å². The highest BCUT2D eigenvalue weighted by Crippen LogP contribution is 2.26. The number of carbonyl (C=O) groups is 2. The zero-order valence-corrected chi connectivity index (χ0v) is 19.8. The van der Waals surface area contributed by atoms with E-state index in [4.69, 9.17) is 9.47 Å². The zero-order valence-electron chi connectivity index (χ0n) is 19.8. The van der Waals surface area contributed by atoms with Gasteiger partial charge in [0.25, 0.3) is 0 Å². The number of hydrogen-bond acceptors (Lipinski definition) is 6. The van der Waals surface area contributed by atoms with Gasteiger partial charge in [-0.1, -0.05) is 0 Å². The second kappa shape index (κ2) is 13.4. The Morgan fingerprint density at radius 1 is 0.656 bits per heavy atom. The van der Waals surface area contributed by atoms with E-state index in [9.17, 15) is 9.59 Å². The van der Waals surface area contributed by atoms with E-state index in [1.807, 2.05) is 36.4 Å². The largest absolute Gasteiger partial charge is 0.493 e. The van der Waals surface area contributed by atoms with Crippen LogP contribution in [-0.4, -0.2) is 52.0 Å². The molecule has 0 saturated carbocycles. The van der Waals surface area contributed by atoms with Crippen LogP contribution < -0.4 is 19.3 Å². The molecule has 32 heavy (non-hydrogen) atoms. The summed E-state index contributed by atoms with van der Waals surface area (Å²) in [4.78, 5) is 27.2. The predicted octanol–water partition coefficient (Wildman–Crippen LogP) is 5.24. The first-order valence-electron chi connectivity index (χ1n) is 11.6. The summed E-state index contributed by atoms with van der Waals surface area (Å²) >= 11 is 0. The molecule has 0 atom stereocenters. The smallest absolute Gasteiger partial charge is 0.153 e. The molecule has 0 N–H and O–H groups in total. The number of carbonyl (C=O) groups excluding carboxylic acids is 2. The van der Waals surface area contributed by atoms with Gasteiger partial charge in [0.2, 0.25) is 0 Å². The molecule has 0 fully saturated rings. The van der Waals surface area contributed by atoms with Crippen LogP contribution in [0.5, 0.6) is 11.5 Å². The summed E-state index contributed by atoms with van der Waals surface area (Å²) in [5.41, 5.74) is 3.21. The van der Waals surface area contributed by atoms with Gasteiger partial charge in [0.1, 0.15) is 11.5 Å². The molecule has 6 heteroatoms. The first-order valence-corrected chi connectivity index (χ1v) is 11.6. The van der Waals surface area contributed by atoms with Crippen LogP contribution in [0.15, 0.2) is 36.4 Å². The summed E-state index contributed by atoms with van der Waals surface area (Å²) in [7, 11) is 0. The quantitative estimate of drug-likeness (QED) is 0.279. The van der Waals surface area contributed by atoms with Gasteiger partial charge in [0.05, 0.1) is 24.3 Å². The standard InChI is InChI=1S/C26H36N2O4/c1-5-27(6-2)23-13-11-21(19-29)25(17-23)31-15-9-10-16-32-26-18-24(28(7-3)8-4)14-12-22(26)20-30/h11-14,17-20H,5-10,15-16H2,1-4H3. The van der Waals surface area contributed by atoms with Crippen molar-refractivity contribution >= 4 is 23.9 Å². The van der Waals surface area contributed by atoms with Crippen molar-refractivity contribution in [3.05, 3.63) is 47.5 Å². The topological polar surface area (TPSA) is 59.1 Å². The minimum absolute atomic E-state index is 0.492. The maximum Gasteiger partial charge on any atom is 0.153 e. The summed E-state index contributed by atoms with van der Waals surface area (Å²) in [6.45, 7) is 13.0. The SMILES string of the molecule is CCN(CC)c1ccc(C=O)c(OCCCCOc2cc(N(CC)CC)ccc2C=O)c1. The van der Waals surface area contributed by atoms with Crippen LogP contribution in [-0.2, 0) is 0 Å². The lowest BCUT2D eigenvalue weighted by atomic mass is 10.2. The molecule has 6 nitrogen and oxygen atoms in total. The number of aldehydes is 2. The van der Waals surface area contributed by atoms with Crippen molar-refractivity contribution in [3.63, 3.8) is 0 Å². The minimum atomic E-state index is 0.492. The fraction of sp³-hybridized carbons (Fsp3) is 0.462. The number of rotatable bonds is 15. The van der Waals surface area contributed by atoms with Gasteiger partial charge in [0, 0.05) is 49.7 Å². The van der Waals surface area contributed by atoms with Gasteiger partial charge in [-0.15, -0.1) is 0 Å². The summed E-state index contributed by atoms with van der Waals surface area (Å²) in [6.07, 6.45) is 3.21. The first kappa shape index (κ1) is 25.2. The van der Waals surface area contributed by atoms with E-state index in [2.05, 4.69) is 37.5 Å². The zero-order chi connectivity index (χ0) is 23.3. The molecule has 2 aromatic rings. The third-order valence-electron chi connectivity index (χ3n) is 5.56. The van der Waals surface area contributed by atoms with E-state index in [1.165, 1.54) is 0 Å². The molecule has 0 aliphatic rings. The van der Waals surface area contributed by atoms with Gasteiger partial charge in [0.15, 0.2) is 12.6 Å². The van der Waals surface area contributed by atoms with Crippen LogP contribution >= 0.6 is 0 Å². The van der Waals surface area contributed by atoms with Crippen LogP contribution in [0.4, 0.5) is 11.4 Å². The lowest BCUT2D eigenvalue weighted by molar-refractivity contribution is 0.111. The lowest BCUT2D eigenvalue weighted by Crippen LogP contribution is -2.21. The van der Waals surface area contributed by atoms with Crippen LogP contribution in [0.25, 0.3) is 0 Å². The molecule has 0 heterocycles. The Labute approximate surface area is 192 Å². The highest BCUT2D eigenvalue weighted by Gasteiger charge is 2.10. The van der Waals surface area contributed by atoms with Crippen molar-refractivity contribution < 1.29 is 19.1 Å². The monoisotopic (exact) mass is 440 g/mol. The predicted molar refractivity (Wildman–Crippen MR) is 131 cm³/mol. The Balaban J connectivity index is 1.90. The van der Waals surface area contributed by atoms with Gasteiger partial charge in [-0.25, -0.2) is 0 Å². The van der Waals surface area contributed by atoms with E-state index in [-0.39, 0.29) is 0 Å². The molecular formula is C26H36N2O4. The fourth-order valence-corrected chi connectivity index (χ4v) is 3.63. The average molecular weight is 441 g/mol. The Morgan fingerprint density at radius 3 is 1.34 bits per heavy atom. The van der Waals surface area contributed by atoms with Gasteiger partial charge >= 0.3 is 0 Å². The number of ether oxygens (including phenoxy) is 2. The molecule has 0 aliphatic carbocycles. The molecule has 0 amide bonds. The molecule has 0 bridgehead atoms. The van der Waals surface area contributed by atoms with Crippen molar-refractivity contribution in [2.45, 2.75) is 40.5 Å². The number of hydrogen-bond donors (Lipinski definition) is 0. The van der Waals surface area contributed by atoms with Crippen LogP contribution in [0.2, 0.25) is 0 Å². The second-order valence-electron chi connectivity index (χ2n) is 7.43. The third kappa shape index (κ3) is 6.74. The highest BCUT2D eigenvalue weighted by molar-refractivity contribution is 5.81. The van der Waals surface area contributed by atoms with E-state index in [1.54, 1.807) is 0 Å². The molecule has 0 saturated heterocycles. The number of unbranched alkanes of at least 4 members (excludes halogenated alkanes) is 1. The summed E-state index contributed by atoms with van der Waals surface area (Å²) in [6, 6.07) is 11.4. The van der Waals surface area contributed by atoms with Crippen molar-refractivity contribution in [2.24, 2.45) is 0 Å². The maximum absolute atomic E-state index is 11.4. The number of benzene rings is 2. The maximum atomic E-state index is 11.4. The Kier molecular flexibility index (Phi) is 10.6. The summed E-state index contributed by atoms with van der Waals surface area (Å²) in [5, 5.41) is 0. The molecular weight excluding hydrogens is 404 g/mol. The van der Waals surface area contributed by atoms with Crippen molar-refractivity contribution in [1.82, 2.24) is 0 Å². The van der Waals surface area contributed by atoms with Crippen LogP contribution in [0, 0.1) is 0 Å². The van der Waals surface area contributed by atoms with Gasteiger partial charge in [-0.2, -0.15) is 0 Å². The number of nitrogens with zero attached hydrogens (tertiary/aromatic N) is 2. The highest BCUT2D eigenvalue weighted by atomic mass is 16.5. The first-order chi connectivity index (χ1) is 15.6. The fourth-order valence-electron chi connectivity index (χ4n) is 3.63. The van der Waals surface area contributed by atoms with Crippen molar-refractivity contribution in [1.29, 1.82) is 0 Å². The molecule has 0 aliphatic heterocycles. The van der Waals surface area contributed by atoms with Crippen LogP contribution in [0.3, 0.4) is 0 Å². The Bertz CT molecular complexity index is 789. The van der Waals surface area contributed by atoms with E-state index in [0.29, 0.717) is 35.8 Å². The summed E-state index contributed by atoms with van der Waals surface area (Å²) < 4.78 is 11.8. The van der Waals surface area contributed by atoms with Crippen molar-refractivity contribution in [3.8, 4) is 11.5 Å². The van der Waals surface area contributed by atoms with E-state index >= 15 is 0 Å². The van der Waals surface area contributed by atoms with E-state index in [0.717, 1.165) is 63.0 Å². The third-order valence-corrected chi connectivity index (χ3v) is 5.56. The second-order valence-corrected chi connectivity index (χ2v) is 7.43. The van der Waals surface area contributed by atoms with E-state index < -0.39 is 0 Å². The molecule has 0 spiro atoms. The Hall–Kier alpha value is -3.02. The summed E-state index contributed by atoms with van der Waals surface area (Å²) in [5.74, 6) is 1.22. The van der Waals surface area contributed by atoms with Gasteiger partial charge < -0.3 is 19.3 Å². The Morgan fingerprint density at radius 2 is 1.03 bits per heavy atom. The molecule has 2 rings (SSSR count). The average Bonchev–Trinajstić information content (AvgIpc) is 2.83. The van der Waals surface area contributed by atoms with Gasteiger partial charge in [-0.05, 0) is 64.8 Å². The number of anilines is 2. The van der Waals surface area contributed by atoms with Gasteiger partial charge in [-0.3, -0.25) is 9.59 Å². The molecule has 174 valence electrons. The molecule has 0 aromatic heterocycles. The van der Waals surface area contributed by atoms with Crippen molar-refractivity contribution in [2.75, 3.05) is 49.2 Å². The lowest BCUT2D eigenvalue weighted by Gasteiger charge is -2.22. The molecule has 0 radical (unpaired) electrons.